The highest BCUT2D eigenvalue weighted by Gasteiger charge is 2.15. The smallest absolute Gasteiger partial charge is 0.170 e. The molecule has 0 aliphatic heterocycles. The second kappa shape index (κ2) is 8.03. The number of benzene rings is 2. The van der Waals surface area contributed by atoms with Gasteiger partial charge in [-0.1, -0.05) is 60.7 Å². The first kappa shape index (κ1) is 16.6. The van der Waals surface area contributed by atoms with Gasteiger partial charge in [0.25, 0.3) is 0 Å². The average molecular weight is 308 g/mol. The molecule has 2 aromatic rings. The van der Waals surface area contributed by atoms with Crippen LogP contribution in [-0.4, -0.2) is 36.4 Å². The first-order chi connectivity index (χ1) is 11.1. The van der Waals surface area contributed by atoms with Gasteiger partial charge in [0.2, 0.25) is 0 Å². The van der Waals surface area contributed by atoms with E-state index in [0.29, 0.717) is 11.3 Å². The largest absolute Gasteiger partial charge is 0.303 e. The molecule has 0 N–H and O–H groups in total. The molecule has 0 unspecified atom stereocenters. The van der Waals surface area contributed by atoms with Gasteiger partial charge in [0, 0.05) is 19.7 Å². The van der Waals surface area contributed by atoms with Crippen LogP contribution in [0.3, 0.4) is 0 Å². The third-order valence-electron chi connectivity index (χ3n) is 3.25. The summed E-state index contributed by atoms with van der Waals surface area (Å²) in [7, 11) is 3.62. The molecule has 0 aliphatic carbocycles. The molecule has 23 heavy (non-hydrogen) atoms. The maximum absolute atomic E-state index is 12.3. The Bertz CT molecular complexity index is 692. The Labute approximate surface area is 136 Å². The Kier molecular flexibility index (Phi) is 5.80. The Morgan fingerprint density at radius 2 is 1.35 bits per heavy atom. The molecule has 2 rings (SSSR count). The van der Waals surface area contributed by atoms with Crippen LogP contribution < -0.4 is 0 Å². The first-order valence-corrected chi connectivity index (χ1v) is 7.46. The van der Waals surface area contributed by atoms with E-state index in [-0.39, 0.29) is 24.4 Å². The van der Waals surface area contributed by atoms with E-state index in [1.807, 2.05) is 50.5 Å². The van der Waals surface area contributed by atoms with Crippen LogP contribution in [0.5, 0.6) is 0 Å². The normalized spacial score (nSPS) is 11.1. The summed E-state index contributed by atoms with van der Waals surface area (Å²) in [6.07, 6.45) is 0.0318. The molecule has 0 saturated heterocycles. The maximum Gasteiger partial charge on any atom is 0.170 e. The van der Waals surface area contributed by atoms with Crippen molar-refractivity contribution in [3.05, 3.63) is 71.8 Å². The lowest BCUT2D eigenvalue weighted by Crippen LogP contribution is -2.16. The van der Waals surface area contributed by atoms with Crippen molar-refractivity contribution in [2.24, 2.45) is 5.10 Å². The molecule has 0 spiro atoms. The minimum Gasteiger partial charge on any atom is -0.303 e. The van der Waals surface area contributed by atoms with Gasteiger partial charge >= 0.3 is 0 Å². The van der Waals surface area contributed by atoms with Crippen LogP contribution in [0.25, 0.3) is 0 Å². The van der Waals surface area contributed by atoms with Gasteiger partial charge in [-0.3, -0.25) is 9.59 Å². The molecule has 4 nitrogen and oxygen atoms in total. The summed E-state index contributed by atoms with van der Waals surface area (Å²) in [5, 5.41) is 6.05. The van der Waals surface area contributed by atoms with Crippen LogP contribution in [0.15, 0.2) is 65.8 Å². The molecule has 2 aromatic carbocycles. The van der Waals surface area contributed by atoms with Crippen molar-refractivity contribution in [2.75, 3.05) is 14.1 Å². The highest BCUT2D eigenvalue weighted by Crippen LogP contribution is 2.10. The number of carbonyl (C=O) groups excluding carboxylic acids is 2. The van der Waals surface area contributed by atoms with Gasteiger partial charge in [0.05, 0.1) is 18.6 Å². The standard InChI is InChI=1S/C19H20N2O2/c1-21(2)20-18(15-9-5-3-6-10-15)13-17(22)14-19(23)16-11-7-4-8-12-16/h3-12H,13-14H2,1-2H3. The summed E-state index contributed by atoms with van der Waals surface area (Å²) in [5.41, 5.74) is 2.12. The van der Waals surface area contributed by atoms with Crippen molar-refractivity contribution in [3.63, 3.8) is 0 Å². The van der Waals surface area contributed by atoms with Crippen molar-refractivity contribution in [2.45, 2.75) is 12.8 Å². The van der Waals surface area contributed by atoms with Gasteiger partial charge < -0.3 is 5.01 Å². The lowest BCUT2D eigenvalue weighted by molar-refractivity contribution is -0.117. The Balaban J connectivity index is 2.08. The molecule has 0 atom stereocenters. The molecule has 0 heterocycles. The van der Waals surface area contributed by atoms with Crippen molar-refractivity contribution in [1.29, 1.82) is 0 Å². The predicted molar refractivity (Wildman–Crippen MR) is 91.7 cm³/mol. The molecule has 118 valence electrons. The minimum absolute atomic E-state index is 0.108. The summed E-state index contributed by atoms with van der Waals surface area (Å²) < 4.78 is 0. The molecule has 0 amide bonds. The highest BCUT2D eigenvalue weighted by atomic mass is 16.1. The van der Waals surface area contributed by atoms with Crippen LogP contribution in [0.1, 0.15) is 28.8 Å². The minimum atomic E-state index is -0.159. The van der Waals surface area contributed by atoms with Crippen molar-refractivity contribution >= 4 is 17.3 Å². The first-order valence-electron chi connectivity index (χ1n) is 7.46. The van der Waals surface area contributed by atoms with Gasteiger partial charge in [-0.05, 0) is 5.56 Å². The second-order valence-corrected chi connectivity index (χ2v) is 5.44. The second-order valence-electron chi connectivity index (χ2n) is 5.44. The number of carbonyl (C=O) groups is 2. The zero-order valence-corrected chi connectivity index (χ0v) is 13.4. The number of hydrazone groups is 1. The summed E-state index contributed by atoms with van der Waals surface area (Å²) in [6, 6.07) is 18.4. The van der Waals surface area contributed by atoms with E-state index in [1.165, 1.54) is 0 Å². The number of nitrogens with zero attached hydrogens (tertiary/aromatic N) is 2. The van der Waals surface area contributed by atoms with Crippen LogP contribution in [-0.2, 0) is 4.79 Å². The zero-order valence-electron chi connectivity index (χ0n) is 13.4. The number of rotatable bonds is 7. The van der Waals surface area contributed by atoms with E-state index in [1.54, 1.807) is 29.3 Å². The number of Topliss-reactive ketones (excluding diaryl/α,β-unsaturated/α-hetero) is 2. The molecule has 0 fully saturated rings. The van der Waals surface area contributed by atoms with E-state index in [0.717, 1.165) is 5.56 Å². The third-order valence-corrected chi connectivity index (χ3v) is 3.25. The Morgan fingerprint density at radius 3 is 1.87 bits per heavy atom. The monoisotopic (exact) mass is 308 g/mol. The molecule has 4 heteroatoms. The molecule has 0 saturated carbocycles. The van der Waals surface area contributed by atoms with Crippen molar-refractivity contribution in [3.8, 4) is 0 Å². The molecule has 0 radical (unpaired) electrons. The molecular weight excluding hydrogens is 288 g/mol. The predicted octanol–water partition coefficient (Wildman–Crippen LogP) is 3.18. The Morgan fingerprint density at radius 1 is 0.826 bits per heavy atom. The van der Waals surface area contributed by atoms with Gasteiger partial charge in [-0.15, -0.1) is 0 Å². The molecule has 0 aliphatic rings. The van der Waals surface area contributed by atoms with E-state index in [9.17, 15) is 9.59 Å². The molecule has 0 bridgehead atoms. The highest BCUT2D eigenvalue weighted by molar-refractivity contribution is 6.16. The fraction of sp³-hybridized carbons (Fsp3) is 0.211. The number of ketones is 2. The van der Waals surface area contributed by atoms with E-state index in [4.69, 9.17) is 0 Å². The van der Waals surface area contributed by atoms with Crippen LogP contribution >= 0.6 is 0 Å². The van der Waals surface area contributed by atoms with Gasteiger partial charge in [0.1, 0.15) is 5.78 Å². The third kappa shape index (κ3) is 5.18. The summed E-state index contributed by atoms with van der Waals surface area (Å²) in [4.78, 5) is 24.4. The molecular formula is C19H20N2O2. The van der Waals surface area contributed by atoms with Crippen LogP contribution in [0.4, 0.5) is 0 Å². The lowest BCUT2D eigenvalue weighted by Gasteiger charge is -2.11. The van der Waals surface area contributed by atoms with Gasteiger partial charge in [-0.25, -0.2) is 0 Å². The zero-order chi connectivity index (χ0) is 16.7. The van der Waals surface area contributed by atoms with Gasteiger partial charge in [-0.2, -0.15) is 5.10 Å². The summed E-state index contributed by atoms with van der Waals surface area (Å²) in [6.45, 7) is 0. The fourth-order valence-corrected chi connectivity index (χ4v) is 2.22. The average Bonchev–Trinajstić information content (AvgIpc) is 2.55. The molecule has 0 aromatic heterocycles. The fourth-order valence-electron chi connectivity index (χ4n) is 2.22. The summed E-state index contributed by atoms with van der Waals surface area (Å²) in [5.74, 6) is -0.295. The lowest BCUT2D eigenvalue weighted by atomic mass is 10.00. The van der Waals surface area contributed by atoms with Crippen LogP contribution in [0, 0.1) is 0 Å². The van der Waals surface area contributed by atoms with E-state index < -0.39 is 0 Å². The quantitative estimate of drug-likeness (QED) is 0.342. The van der Waals surface area contributed by atoms with Crippen molar-refractivity contribution < 1.29 is 9.59 Å². The SMILES string of the molecule is CN(C)N=C(CC(=O)CC(=O)c1ccccc1)c1ccccc1. The topological polar surface area (TPSA) is 49.7 Å². The number of hydrogen-bond acceptors (Lipinski definition) is 4. The van der Waals surface area contributed by atoms with Crippen LogP contribution in [0.2, 0.25) is 0 Å². The van der Waals surface area contributed by atoms with E-state index in [2.05, 4.69) is 5.10 Å². The van der Waals surface area contributed by atoms with Crippen molar-refractivity contribution in [1.82, 2.24) is 5.01 Å². The van der Waals surface area contributed by atoms with E-state index >= 15 is 0 Å². The van der Waals surface area contributed by atoms with Gasteiger partial charge in [0.15, 0.2) is 5.78 Å². The maximum atomic E-state index is 12.3. The summed E-state index contributed by atoms with van der Waals surface area (Å²) >= 11 is 0. The number of hydrogen-bond donors (Lipinski definition) is 0. The Hall–Kier alpha value is -2.75.